The van der Waals surface area contributed by atoms with E-state index in [1.54, 1.807) is 0 Å². The Morgan fingerprint density at radius 3 is 1.77 bits per heavy atom. The number of anilines is 4. The second-order valence-corrected chi connectivity index (χ2v) is 18.8. The van der Waals surface area contributed by atoms with Crippen LogP contribution in [0.1, 0.15) is 27.0 Å². The van der Waals surface area contributed by atoms with Gasteiger partial charge in [0.05, 0.1) is 38.9 Å². The number of fused-ring (bicyclic) bond motifs is 1. The largest absolute Gasteiger partial charge is 0.399 e. The number of Topliss-reactive ketones (excluding diaryl/α,β-unsaturated/α-hetero) is 1. The van der Waals surface area contributed by atoms with Gasteiger partial charge in [0.15, 0.2) is 5.71 Å². The lowest BCUT2D eigenvalue weighted by atomic mass is 9.92. The standard InChI is InChI=1S/C36H28N10O15S4/c37-21-5-12-27(26(38)15-21)43-41-23-6-3-18(28(16-23)62(50,51)52)1-2-19-4-7-24(17-29(19)63(53,54)55)42-45-35-31(65(59,60)61)14-20-13-30(64(56,57)58)34(33(39)32(20)36(35)47)44-40-22-8-10-25(11-9-22)46(48)49/h1-17,42H,37-39H2,(H,50,51,52)(H,53,54,55)(H,56,57,58)(H,59,60,61)/b2-1+,43-41?,44-40?,45-35-. The first-order valence-electron chi connectivity index (χ1n) is 17.4. The SMILES string of the molecule is Nc1ccc(N=Nc2ccc(/C=C/c3ccc(N/N=C4\C(=O)c5c(cc(S(=O)(=O)O)c(N=Nc6ccc([N+](=O)[O-])cc6)c5N)C=C4S(=O)(=O)O)cc3S(=O)(=O)O)c(S(=O)(=O)O)c2)c(N)c1. The van der Waals surface area contributed by atoms with Gasteiger partial charge in [-0.1, -0.05) is 24.3 Å². The van der Waals surface area contributed by atoms with Gasteiger partial charge in [-0.15, -0.1) is 10.2 Å². The number of nitro benzene ring substituents is 1. The van der Waals surface area contributed by atoms with Crippen molar-refractivity contribution in [2.75, 3.05) is 22.6 Å². The fraction of sp³-hybridized carbons (Fsp3) is 0. The summed E-state index contributed by atoms with van der Waals surface area (Å²) in [6, 6.07) is 15.7. The van der Waals surface area contributed by atoms with Crippen LogP contribution in [-0.2, 0) is 40.5 Å². The predicted octanol–water partition coefficient (Wildman–Crippen LogP) is 5.98. The molecule has 65 heavy (non-hydrogen) atoms. The zero-order chi connectivity index (χ0) is 47.8. The Labute approximate surface area is 366 Å². The number of carbonyl (C=O) groups excluding carboxylic acids is 1. The first-order valence-corrected chi connectivity index (χ1v) is 23.1. The van der Waals surface area contributed by atoms with E-state index in [-0.39, 0.29) is 45.3 Å². The highest BCUT2D eigenvalue weighted by molar-refractivity contribution is 7.91. The van der Waals surface area contributed by atoms with Crippen LogP contribution in [0.5, 0.6) is 0 Å². The van der Waals surface area contributed by atoms with E-state index >= 15 is 0 Å². The summed E-state index contributed by atoms with van der Waals surface area (Å²) in [5.74, 6) is -1.39. The van der Waals surface area contributed by atoms with Crippen LogP contribution in [0.25, 0.3) is 18.2 Å². The molecule has 336 valence electrons. The minimum absolute atomic E-state index is 0.0511. The van der Waals surface area contributed by atoms with E-state index in [0.717, 1.165) is 60.7 Å². The Balaban J connectivity index is 1.36. The maximum absolute atomic E-state index is 13.9. The molecule has 25 nitrogen and oxygen atoms in total. The first-order chi connectivity index (χ1) is 30.2. The number of non-ortho nitro benzene ring substituents is 1. The van der Waals surface area contributed by atoms with Crippen molar-refractivity contribution in [2.24, 2.45) is 25.6 Å². The third kappa shape index (κ3) is 10.6. The number of hydrogen-bond acceptors (Lipinski definition) is 20. The van der Waals surface area contributed by atoms with Crippen molar-refractivity contribution in [1.29, 1.82) is 0 Å². The number of azo groups is 2. The van der Waals surface area contributed by atoms with Gasteiger partial charge in [-0.2, -0.15) is 49.0 Å². The van der Waals surface area contributed by atoms with Crippen LogP contribution in [-0.4, -0.2) is 68.3 Å². The number of nitrogen functional groups attached to an aromatic ring is 3. The number of hydrogen-bond donors (Lipinski definition) is 8. The molecule has 6 rings (SSSR count). The smallest absolute Gasteiger partial charge is 0.296 e. The summed E-state index contributed by atoms with van der Waals surface area (Å²) in [5.41, 5.74) is 15.4. The Bertz CT molecular complexity index is 3480. The lowest BCUT2D eigenvalue weighted by Gasteiger charge is -2.20. The molecule has 0 aromatic heterocycles. The van der Waals surface area contributed by atoms with Crippen LogP contribution in [0, 0.1) is 10.1 Å². The number of nitrogens with zero attached hydrogens (tertiary/aromatic N) is 6. The third-order valence-corrected chi connectivity index (χ3v) is 12.4. The third-order valence-electron chi connectivity index (χ3n) is 8.81. The van der Waals surface area contributed by atoms with Gasteiger partial charge in [-0.3, -0.25) is 38.5 Å². The molecule has 0 atom stereocenters. The lowest BCUT2D eigenvalue weighted by Crippen LogP contribution is -2.28. The van der Waals surface area contributed by atoms with E-state index in [1.807, 2.05) is 0 Å². The van der Waals surface area contributed by atoms with Crippen molar-refractivity contribution in [2.45, 2.75) is 14.7 Å². The summed E-state index contributed by atoms with van der Waals surface area (Å²) in [6.45, 7) is 0. The molecule has 5 aromatic rings. The molecule has 0 amide bonds. The average Bonchev–Trinajstić information content (AvgIpc) is 3.20. The normalized spacial score (nSPS) is 14.3. The zero-order valence-electron chi connectivity index (χ0n) is 32.1. The topological polar surface area (TPSA) is 430 Å². The van der Waals surface area contributed by atoms with Crippen molar-refractivity contribution in [3.05, 3.63) is 122 Å². The highest BCUT2D eigenvalue weighted by Crippen LogP contribution is 2.41. The van der Waals surface area contributed by atoms with Gasteiger partial charge < -0.3 is 17.2 Å². The van der Waals surface area contributed by atoms with Crippen molar-refractivity contribution in [3.8, 4) is 0 Å². The molecule has 5 aromatic carbocycles. The molecule has 29 heteroatoms. The Morgan fingerprint density at radius 1 is 0.631 bits per heavy atom. The number of carbonyl (C=O) groups is 1. The summed E-state index contributed by atoms with van der Waals surface area (Å²) in [6.07, 6.45) is 2.69. The fourth-order valence-electron chi connectivity index (χ4n) is 5.83. The molecule has 0 spiro atoms. The van der Waals surface area contributed by atoms with Gasteiger partial charge in [0.25, 0.3) is 46.2 Å². The molecule has 1 aliphatic rings. The van der Waals surface area contributed by atoms with Crippen molar-refractivity contribution < 1.29 is 61.6 Å². The Kier molecular flexibility index (Phi) is 12.6. The molecular weight excluding hydrogens is 941 g/mol. The summed E-state index contributed by atoms with van der Waals surface area (Å²) < 4.78 is 140. The lowest BCUT2D eigenvalue weighted by molar-refractivity contribution is -0.384. The summed E-state index contributed by atoms with van der Waals surface area (Å²) >= 11 is 0. The van der Waals surface area contributed by atoms with Crippen molar-refractivity contribution in [1.82, 2.24) is 0 Å². The molecule has 0 bridgehead atoms. The molecule has 0 saturated heterocycles. The van der Waals surface area contributed by atoms with Crippen molar-refractivity contribution in [3.63, 3.8) is 0 Å². The van der Waals surface area contributed by atoms with Gasteiger partial charge in [-0.25, -0.2) is 0 Å². The van der Waals surface area contributed by atoms with E-state index in [0.29, 0.717) is 17.8 Å². The van der Waals surface area contributed by atoms with Crippen LogP contribution in [0.4, 0.5) is 51.2 Å². The maximum atomic E-state index is 13.9. The Hall–Kier alpha value is -7.64. The molecule has 0 radical (unpaired) electrons. The average molecular weight is 969 g/mol. The predicted molar refractivity (Wildman–Crippen MR) is 234 cm³/mol. The van der Waals surface area contributed by atoms with Crippen LogP contribution in [0.2, 0.25) is 0 Å². The van der Waals surface area contributed by atoms with Gasteiger partial charge in [0.2, 0.25) is 5.78 Å². The number of allylic oxidation sites excluding steroid dienone is 1. The first kappa shape index (κ1) is 46.9. The molecule has 0 saturated carbocycles. The van der Waals surface area contributed by atoms with Gasteiger partial charge in [-0.05, 0) is 83.4 Å². The number of nitrogens with one attached hydrogen (secondary N) is 1. The number of rotatable bonds is 13. The van der Waals surface area contributed by atoms with E-state index in [9.17, 15) is 66.8 Å². The molecule has 0 heterocycles. The van der Waals surface area contributed by atoms with Crippen molar-refractivity contribution >= 4 is 121 Å². The quantitative estimate of drug-likeness (QED) is 0.0168. The van der Waals surface area contributed by atoms with Crippen LogP contribution in [0.3, 0.4) is 0 Å². The number of ketones is 1. The van der Waals surface area contributed by atoms with E-state index in [4.69, 9.17) is 17.2 Å². The van der Waals surface area contributed by atoms with E-state index in [1.165, 1.54) is 30.3 Å². The maximum Gasteiger partial charge on any atom is 0.296 e. The van der Waals surface area contributed by atoms with E-state index in [2.05, 4.69) is 31.0 Å². The fourth-order valence-corrected chi connectivity index (χ4v) is 8.58. The molecular formula is C36H28N10O15S4. The minimum Gasteiger partial charge on any atom is -0.399 e. The van der Waals surface area contributed by atoms with Crippen LogP contribution >= 0.6 is 0 Å². The van der Waals surface area contributed by atoms with Gasteiger partial charge >= 0.3 is 0 Å². The van der Waals surface area contributed by atoms with Crippen LogP contribution in [0.15, 0.2) is 130 Å². The van der Waals surface area contributed by atoms with Crippen LogP contribution < -0.4 is 22.6 Å². The Morgan fingerprint density at radius 2 is 1.20 bits per heavy atom. The summed E-state index contributed by atoms with van der Waals surface area (Å²) in [4.78, 5) is 20.4. The minimum atomic E-state index is -5.39. The number of hydrazone groups is 1. The number of nitrogens with two attached hydrogens (primary N) is 3. The van der Waals surface area contributed by atoms with Gasteiger partial charge in [0.1, 0.15) is 31.0 Å². The molecule has 0 fully saturated rings. The molecule has 0 unspecified atom stereocenters. The second-order valence-electron chi connectivity index (χ2n) is 13.2. The number of benzene rings is 5. The second kappa shape index (κ2) is 17.5. The molecule has 1 aliphatic carbocycles. The molecule has 0 aliphatic heterocycles. The monoisotopic (exact) mass is 968 g/mol. The van der Waals surface area contributed by atoms with Gasteiger partial charge in [0, 0.05) is 17.8 Å². The zero-order valence-corrected chi connectivity index (χ0v) is 35.4. The number of nitro groups is 1. The van der Waals surface area contributed by atoms with E-state index < -0.39 is 99.0 Å². The summed E-state index contributed by atoms with van der Waals surface area (Å²) in [5, 5.41) is 30.1. The highest BCUT2D eigenvalue weighted by Gasteiger charge is 2.37. The molecule has 11 N–H and O–H groups in total. The highest BCUT2D eigenvalue weighted by atomic mass is 32.2. The summed E-state index contributed by atoms with van der Waals surface area (Å²) in [7, 11) is -20.7.